The Balaban J connectivity index is 1.42. The molecule has 2 bridgehead atoms. The number of carbonyl (C=O) groups is 1. The highest BCUT2D eigenvalue weighted by Gasteiger charge is 2.47. The van der Waals surface area contributed by atoms with Crippen LogP contribution in [-0.2, 0) is 6.42 Å². The summed E-state index contributed by atoms with van der Waals surface area (Å²) in [6.07, 6.45) is 7.49. The first-order valence-electron chi connectivity index (χ1n) is 10.4. The van der Waals surface area contributed by atoms with Gasteiger partial charge in [0.1, 0.15) is 10.7 Å². The van der Waals surface area contributed by atoms with Crippen LogP contribution in [0.25, 0.3) is 0 Å². The largest absolute Gasteiger partial charge is 0.337 e. The van der Waals surface area contributed by atoms with Gasteiger partial charge in [0.05, 0.1) is 11.7 Å². The van der Waals surface area contributed by atoms with Gasteiger partial charge >= 0.3 is 0 Å². The first kappa shape index (κ1) is 18.3. The first-order valence-corrected chi connectivity index (χ1v) is 11.2. The number of hydrogen-bond donors (Lipinski definition) is 0. The molecular weight excluding hydrogens is 373 g/mol. The number of aromatic nitrogens is 1. The van der Waals surface area contributed by atoms with Crippen LogP contribution in [0.3, 0.4) is 0 Å². The van der Waals surface area contributed by atoms with Gasteiger partial charge < -0.3 is 4.90 Å². The third-order valence-corrected chi connectivity index (χ3v) is 7.65. The Morgan fingerprint density at radius 2 is 2.14 bits per heavy atom. The lowest BCUT2D eigenvalue weighted by molar-refractivity contribution is -0.0641. The summed E-state index contributed by atoms with van der Waals surface area (Å²) in [7, 11) is 0. The van der Waals surface area contributed by atoms with Crippen molar-refractivity contribution in [3.05, 3.63) is 52.2 Å². The number of likely N-dealkylation sites (tertiary alicyclic amines) is 1. The van der Waals surface area contributed by atoms with Crippen molar-refractivity contribution in [3.63, 3.8) is 0 Å². The van der Waals surface area contributed by atoms with E-state index in [1.54, 1.807) is 17.8 Å². The lowest BCUT2D eigenvalue weighted by atomic mass is 9.71. The minimum atomic E-state index is -0.160. The normalized spacial score (nSPS) is 30.1. The van der Waals surface area contributed by atoms with Gasteiger partial charge in [0.2, 0.25) is 0 Å². The van der Waals surface area contributed by atoms with E-state index in [1.165, 1.54) is 43.1 Å². The molecule has 0 N–H and O–H groups in total. The summed E-state index contributed by atoms with van der Waals surface area (Å²) in [6, 6.07) is 7.98. The van der Waals surface area contributed by atoms with Crippen molar-refractivity contribution in [3.8, 4) is 0 Å². The summed E-state index contributed by atoms with van der Waals surface area (Å²) in [5, 5.41) is 0. The van der Waals surface area contributed by atoms with Gasteiger partial charge in [-0.2, -0.15) is 0 Å². The van der Waals surface area contributed by atoms with Crippen LogP contribution in [0, 0.1) is 17.7 Å². The molecule has 0 radical (unpaired) electrons. The van der Waals surface area contributed by atoms with E-state index < -0.39 is 0 Å². The van der Waals surface area contributed by atoms with Gasteiger partial charge in [0, 0.05) is 25.2 Å². The van der Waals surface area contributed by atoms with Crippen molar-refractivity contribution >= 4 is 17.2 Å². The number of benzene rings is 1. The van der Waals surface area contributed by atoms with E-state index in [0.29, 0.717) is 23.9 Å². The molecular formula is C22H26FN3OS. The molecule has 28 heavy (non-hydrogen) atoms. The fourth-order valence-corrected chi connectivity index (χ4v) is 6.32. The molecule has 0 spiro atoms. The van der Waals surface area contributed by atoms with Gasteiger partial charge in [0.15, 0.2) is 0 Å². The molecule has 1 aromatic carbocycles. The first-order chi connectivity index (χ1) is 13.7. The Labute approximate surface area is 169 Å². The molecule has 3 aliphatic heterocycles. The smallest absolute Gasteiger partial charge is 0.265 e. The topological polar surface area (TPSA) is 36.4 Å². The van der Waals surface area contributed by atoms with Crippen molar-refractivity contribution in [2.75, 3.05) is 19.6 Å². The highest BCUT2D eigenvalue weighted by atomic mass is 32.1. The van der Waals surface area contributed by atoms with Gasteiger partial charge in [0.25, 0.3) is 5.91 Å². The predicted octanol–water partition coefficient (Wildman–Crippen LogP) is 3.84. The summed E-state index contributed by atoms with van der Waals surface area (Å²) >= 11 is 1.43. The van der Waals surface area contributed by atoms with Crippen LogP contribution in [-0.4, -0.2) is 52.4 Å². The van der Waals surface area contributed by atoms with Crippen LogP contribution in [0.2, 0.25) is 0 Å². The average molecular weight is 400 g/mol. The molecule has 2 aromatic rings. The van der Waals surface area contributed by atoms with Gasteiger partial charge in [-0.05, 0) is 61.8 Å². The number of halogens is 1. The molecule has 148 valence electrons. The van der Waals surface area contributed by atoms with Crippen LogP contribution >= 0.6 is 11.3 Å². The second-order valence-corrected chi connectivity index (χ2v) is 9.42. The third kappa shape index (κ3) is 3.37. The summed E-state index contributed by atoms with van der Waals surface area (Å²) in [4.78, 5) is 22.6. The maximum atomic E-state index is 13.8. The quantitative estimate of drug-likeness (QED) is 0.787. The molecule has 4 atom stereocenters. The zero-order chi connectivity index (χ0) is 19.1. The number of piperidine rings is 3. The number of thiazole rings is 1. The van der Waals surface area contributed by atoms with Gasteiger partial charge in [-0.3, -0.25) is 14.7 Å². The van der Waals surface area contributed by atoms with E-state index >= 15 is 0 Å². The lowest BCUT2D eigenvalue weighted by Gasteiger charge is -2.57. The van der Waals surface area contributed by atoms with Crippen LogP contribution in [0.4, 0.5) is 4.39 Å². The maximum Gasteiger partial charge on any atom is 0.265 e. The molecule has 3 fully saturated rings. The lowest BCUT2D eigenvalue weighted by Crippen LogP contribution is -2.64. The molecule has 3 aliphatic rings. The van der Waals surface area contributed by atoms with E-state index in [2.05, 4.69) is 14.8 Å². The summed E-state index contributed by atoms with van der Waals surface area (Å²) in [5.41, 5.74) is 2.80. The summed E-state index contributed by atoms with van der Waals surface area (Å²) < 4.78 is 13.8. The van der Waals surface area contributed by atoms with Gasteiger partial charge in [-0.25, -0.2) is 4.39 Å². The predicted molar refractivity (Wildman–Crippen MR) is 108 cm³/mol. The fourth-order valence-electron chi connectivity index (χ4n) is 5.74. The summed E-state index contributed by atoms with van der Waals surface area (Å²) in [5.74, 6) is 0.978. The van der Waals surface area contributed by atoms with Crippen molar-refractivity contribution in [1.82, 2.24) is 14.8 Å². The van der Waals surface area contributed by atoms with Crippen molar-refractivity contribution < 1.29 is 9.18 Å². The highest BCUT2D eigenvalue weighted by molar-refractivity contribution is 7.11. The van der Waals surface area contributed by atoms with Crippen LogP contribution in [0.1, 0.15) is 40.9 Å². The monoisotopic (exact) mass is 399 g/mol. The Kier molecular flexibility index (Phi) is 4.93. The number of hydrogen-bond acceptors (Lipinski definition) is 4. The number of amides is 1. The van der Waals surface area contributed by atoms with Crippen molar-refractivity contribution in [2.24, 2.45) is 11.8 Å². The fraction of sp³-hybridized carbons (Fsp3) is 0.545. The maximum absolute atomic E-state index is 13.8. The van der Waals surface area contributed by atoms with E-state index in [0.717, 1.165) is 36.5 Å². The average Bonchev–Trinajstić information content (AvgIpc) is 3.25. The number of nitrogens with zero attached hydrogens (tertiary/aromatic N) is 3. The minimum absolute atomic E-state index is 0.131. The van der Waals surface area contributed by atoms with Crippen molar-refractivity contribution in [1.29, 1.82) is 0 Å². The summed E-state index contributed by atoms with van der Waals surface area (Å²) in [6.45, 7) is 2.80. The number of fused-ring (bicyclic) bond motifs is 4. The molecule has 4 nitrogen and oxygen atoms in total. The van der Waals surface area contributed by atoms with Crippen LogP contribution < -0.4 is 0 Å². The zero-order valence-electron chi connectivity index (χ0n) is 16.0. The molecule has 0 saturated carbocycles. The van der Waals surface area contributed by atoms with E-state index in [4.69, 9.17) is 0 Å². The Morgan fingerprint density at radius 1 is 1.25 bits per heavy atom. The second-order valence-electron chi connectivity index (χ2n) is 8.53. The van der Waals surface area contributed by atoms with Crippen LogP contribution in [0.15, 0.2) is 36.0 Å². The zero-order valence-corrected chi connectivity index (χ0v) is 16.8. The van der Waals surface area contributed by atoms with E-state index in [1.807, 2.05) is 12.1 Å². The highest BCUT2D eigenvalue weighted by Crippen LogP contribution is 2.42. The number of carbonyl (C=O) groups excluding carboxylic acids is 1. The van der Waals surface area contributed by atoms with E-state index in [9.17, 15) is 9.18 Å². The third-order valence-electron chi connectivity index (χ3n) is 6.89. The Hall–Kier alpha value is -1.79. The second kappa shape index (κ2) is 7.56. The van der Waals surface area contributed by atoms with Crippen LogP contribution in [0.5, 0.6) is 0 Å². The molecule has 1 amide bonds. The molecule has 6 heteroatoms. The molecule has 0 aliphatic carbocycles. The molecule has 4 heterocycles. The standard InChI is InChI=1S/C22H26FN3OS/c23-18-5-3-4-15(8-18)9-20-17-10-16(19-6-1-2-7-26(19)20)12-25(13-17)22(27)21-11-24-14-28-21/h3-5,8,11,14,16-17,19-20H,1-2,6-7,9-10,12-13H2/t16-,17+,19+,20+/m1/s1. The minimum Gasteiger partial charge on any atom is -0.337 e. The molecule has 5 rings (SSSR count). The SMILES string of the molecule is O=C(c1cncs1)N1C[C@H]2C[C@@H](C1)[C@H](Cc1cccc(F)c1)N1CCCC[C@@H]21. The molecule has 0 unspecified atom stereocenters. The van der Waals surface area contributed by atoms with E-state index in [-0.39, 0.29) is 11.7 Å². The Bertz CT molecular complexity index is 842. The number of rotatable bonds is 3. The molecule has 3 saturated heterocycles. The molecule has 1 aromatic heterocycles. The Morgan fingerprint density at radius 3 is 2.96 bits per heavy atom. The van der Waals surface area contributed by atoms with Crippen molar-refractivity contribution in [2.45, 2.75) is 44.2 Å². The van der Waals surface area contributed by atoms with Gasteiger partial charge in [-0.1, -0.05) is 18.6 Å². The van der Waals surface area contributed by atoms with Gasteiger partial charge in [-0.15, -0.1) is 11.3 Å².